The van der Waals surface area contributed by atoms with Crippen LogP contribution in [0.25, 0.3) is 11.3 Å². The molecule has 0 bridgehead atoms. The maximum absolute atomic E-state index is 12.5. The molecule has 104 valence electrons. The van der Waals surface area contributed by atoms with Crippen molar-refractivity contribution in [3.8, 4) is 11.3 Å². The lowest BCUT2D eigenvalue weighted by atomic mass is 9.88. The highest BCUT2D eigenvalue weighted by Crippen LogP contribution is 2.39. The first kappa shape index (κ1) is 12.3. The van der Waals surface area contributed by atoms with Crippen LogP contribution in [-0.4, -0.2) is 16.1 Å². The van der Waals surface area contributed by atoms with Gasteiger partial charge in [-0.15, -0.1) is 0 Å². The number of Topliss-reactive ketones (excluding diaryl/α,β-unsaturated/α-hetero) is 1. The third-order valence-corrected chi connectivity index (χ3v) is 4.39. The minimum Gasteiger partial charge on any atom is -0.343 e. The molecular formula is C18H15NO2. The van der Waals surface area contributed by atoms with Crippen molar-refractivity contribution >= 4 is 11.6 Å². The summed E-state index contributed by atoms with van der Waals surface area (Å²) >= 11 is 0. The molecule has 3 nitrogen and oxygen atoms in total. The van der Waals surface area contributed by atoms with Crippen LogP contribution in [0.15, 0.2) is 42.0 Å². The van der Waals surface area contributed by atoms with Crippen molar-refractivity contribution in [2.45, 2.75) is 26.3 Å². The van der Waals surface area contributed by atoms with E-state index in [2.05, 4.69) is 4.57 Å². The van der Waals surface area contributed by atoms with Gasteiger partial charge < -0.3 is 4.57 Å². The van der Waals surface area contributed by atoms with Gasteiger partial charge in [0.05, 0.1) is 16.8 Å². The Balaban J connectivity index is 2.08. The van der Waals surface area contributed by atoms with Crippen LogP contribution in [0, 0.1) is 0 Å². The Hall–Kier alpha value is -2.42. The van der Waals surface area contributed by atoms with Gasteiger partial charge in [-0.1, -0.05) is 30.3 Å². The monoisotopic (exact) mass is 277 g/mol. The zero-order chi connectivity index (χ0) is 14.6. The number of hydrogen-bond acceptors (Lipinski definition) is 2. The summed E-state index contributed by atoms with van der Waals surface area (Å²) in [6.45, 7) is 2.61. The van der Waals surface area contributed by atoms with E-state index in [1.807, 2.05) is 30.3 Å². The summed E-state index contributed by atoms with van der Waals surface area (Å²) in [6.07, 6.45) is 3.39. The summed E-state index contributed by atoms with van der Waals surface area (Å²) in [7, 11) is 0. The lowest BCUT2D eigenvalue weighted by molar-refractivity contribution is 0.0985. The van der Waals surface area contributed by atoms with Crippen LogP contribution in [-0.2, 0) is 13.0 Å². The molecule has 0 atom stereocenters. The van der Waals surface area contributed by atoms with E-state index in [9.17, 15) is 9.59 Å². The average molecular weight is 277 g/mol. The molecule has 21 heavy (non-hydrogen) atoms. The number of hydrogen-bond donors (Lipinski definition) is 0. The number of aromatic nitrogens is 1. The zero-order valence-electron chi connectivity index (χ0n) is 11.8. The Kier molecular flexibility index (Phi) is 2.52. The van der Waals surface area contributed by atoms with E-state index in [4.69, 9.17) is 0 Å². The van der Waals surface area contributed by atoms with Crippen LogP contribution in [0.5, 0.6) is 0 Å². The van der Waals surface area contributed by atoms with Crippen LogP contribution in [0.2, 0.25) is 0 Å². The molecule has 0 amide bonds. The highest BCUT2D eigenvalue weighted by molar-refractivity contribution is 6.27. The maximum atomic E-state index is 12.5. The van der Waals surface area contributed by atoms with E-state index < -0.39 is 0 Å². The molecule has 0 fully saturated rings. The Labute approximate surface area is 122 Å². The Morgan fingerprint density at radius 3 is 2.57 bits per heavy atom. The van der Waals surface area contributed by atoms with E-state index in [0.29, 0.717) is 16.7 Å². The quantitative estimate of drug-likeness (QED) is 0.801. The second-order valence-corrected chi connectivity index (χ2v) is 5.69. The molecule has 2 aliphatic rings. The lowest BCUT2D eigenvalue weighted by Gasteiger charge is -2.12. The van der Waals surface area contributed by atoms with Crippen molar-refractivity contribution in [3.63, 3.8) is 0 Å². The molecule has 0 N–H and O–H groups in total. The standard InChI is InChI=1S/C18H15NO2/c1-11-10-14(20)16-15(18(11)21)13-8-5-9-19(13)17(16)12-6-3-2-4-7-12/h2-4,6-7,10H,5,8-9H2,1H3. The van der Waals surface area contributed by atoms with Gasteiger partial charge in [0.15, 0.2) is 11.6 Å². The molecule has 1 aromatic heterocycles. The summed E-state index contributed by atoms with van der Waals surface area (Å²) in [5.41, 5.74) is 4.76. The minimum atomic E-state index is -0.0390. The summed E-state index contributed by atoms with van der Waals surface area (Å²) < 4.78 is 2.17. The molecule has 1 aliphatic heterocycles. The zero-order valence-corrected chi connectivity index (χ0v) is 11.8. The molecule has 0 saturated heterocycles. The Bertz CT molecular complexity index is 809. The fourth-order valence-electron chi connectivity index (χ4n) is 3.49. The number of carbonyl (C=O) groups excluding carboxylic acids is 2. The third kappa shape index (κ3) is 1.60. The van der Waals surface area contributed by atoms with E-state index in [-0.39, 0.29) is 11.6 Å². The van der Waals surface area contributed by atoms with Crippen LogP contribution < -0.4 is 0 Å². The third-order valence-electron chi connectivity index (χ3n) is 4.39. The fourth-order valence-corrected chi connectivity index (χ4v) is 3.49. The second kappa shape index (κ2) is 4.29. The normalized spacial score (nSPS) is 16.7. The van der Waals surface area contributed by atoms with Crippen LogP contribution in [0.3, 0.4) is 0 Å². The van der Waals surface area contributed by atoms with Gasteiger partial charge >= 0.3 is 0 Å². The first-order chi connectivity index (χ1) is 10.2. The van der Waals surface area contributed by atoms with Crippen LogP contribution >= 0.6 is 0 Å². The van der Waals surface area contributed by atoms with E-state index >= 15 is 0 Å². The molecule has 1 aliphatic carbocycles. The van der Waals surface area contributed by atoms with Crippen LogP contribution in [0.1, 0.15) is 39.8 Å². The number of allylic oxidation sites excluding steroid dienone is 2. The first-order valence-corrected chi connectivity index (χ1v) is 7.26. The molecule has 1 aromatic carbocycles. The van der Waals surface area contributed by atoms with E-state index in [1.54, 1.807) is 6.92 Å². The average Bonchev–Trinajstić information content (AvgIpc) is 3.05. The molecule has 0 radical (unpaired) electrons. The van der Waals surface area contributed by atoms with Gasteiger partial charge in [-0.2, -0.15) is 0 Å². The number of benzene rings is 1. The summed E-state index contributed by atoms with van der Waals surface area (Å²) in [5, 5.41) is 0. The molecule has 0 unspecified atom stereocenters. The van der Waals surface area contributed by atoms with Gasteiger partial charge in [0.1, 0.15) is 0 Å². The predicted octanol–water partition coefficient (Wildman–Crippen LogP) is 3.43. The molecule has 0 saturated carbocycles. The van der Waals surface area contributed by atoms with Crippen molar-refractivity contribution in [1.82, 2.24) is 4.57 Å². The van der Waals surface area contributed by atoms with Gasteiger partial charge in [-0.05, 0) is 31.4 Å². The number of rotatable bonds is 1. The van der Waals surface area contributed by atoms with Gasteiger partial charge in [0.2, 0.25) is 0 Å². The maximum Gasteiger partial charge on any atom is 0.191 e. The summed E-state index contributed by atoms with van der Waals surface area (Å²) in [6, 6.07) is 9.90. The van der Waals surface area contributed by atoms with Crippen molar-refractivity contribution in [2.24, 2.45) is 0 Å². The van der Waals surface area contributed by atoms with Crippen molar-refractivity contribution in [3.05, 3.63) is 58.8 Å². The van der Waals surface area contributed by atoms with Gasteiger partial charge in [0.25, 0.3) is 0 Å². The number of carbonyl (C=O) groups is 2. The largest absolute Gasteiger partial charge is 0.343 e. The Morgan fingerprint density at radius 2 is 1.81 bits per heavy atom. The Morgan fingerprint density at radius 1 is 1.05 bits per heavy atom. The van der Waals surface area contributed by atoms with E-state index in [0.717, 1.165) is 36.3 Å². The molecule has 2 heterocycles. The smallest absolute Gasteiger partial charge is 0.191 e. The fraction of sp³-hybridized carbons (Fsp3) is 0.222. The summed E-state index contributed by atoms with van der Waals surface area (Å²) in [5.74, 6) is -0.0275. The first-order valence-electron chi connectivity index (χ1n) is 7.26. The molecule has 3 heteroatoms. The molecule has 2 aromatic rings. The van der Waals surface area contributed by atoms with Gasteiger partial charge in [-0.25, -0.2) is 0 Å². The lowest BCUT2D eigenvalue weighted by Crippen LogP contribution is -2.15. The molecular weight excluding hydrogens is 262 g/mol. The van der Waals surface area contributed by atoms with Gasteiger partial charge in [-0.3, -0.25) is 9.59 Å². The van der Waals surface area contributed by atoms with Crippen molar-refractivity contribution in [2.75, 3.05) is 0 Å². The highest BCUT2D eigenvalue weighted by atomic mass is 16.1. The van der Waals surface area contributed by atoms with E-state index in [1.165, 1.54) is 6.08 Å². The minimum absolute atomic E-state index is 0.0115. The van der Waals surface area contributed by atoms with Crippen LogP contribution in [0.4, 0.5) is 0 Å². The van der Waals surface area contributed by atoms with Crippen molar-refractivity contribution in [1.29, 1.82) is 0 Å². The number of fused-ring (bicyclic) bond motifs is 3. The highest BCUT2D eigenvalue weighted by Gasteiger charge is 2.35. The van der Waals surface area contributed by atoms with Crippen molar-refractivity contribution < 1.29 is 9.59 Å². The number of nitrogens with zero attached hydrogens (tertiary/aromatic N) is 1. The topological polar surface area (TPSA) is 39.1 Å². The molecule has 0 spiro atoms. The second-order valence-electron chi connectivity index (χ2n) is 5.69. The SMILES string of the molecule is CC1=CC(=O)c2c(c3n(c2-c2ccccc2)CCC3)C1=O. The van der Waals surface area contributed by atoms with Gasteiger partial charge in [0, 0.05) is 17.8 Å². The summed E-state index contributed by atoms with van der Waals surface area (Å²) in [4.78, 5) is 25.0. The predicted molar refractivity (Wildman–Crippen MR) is 80.6 cm³/mol. The number of ketones is 2. The molecule has 4 rings (SSSR count).